The molecule has 14 heavy (non-hydrogen) atoms. The van der Waals surface area contributed by atoms with E-state index in [0.717, 1.165) is 31.1 Å². The Morgan fingerprint density at radius 3 is 3.14 bits per heavy atom. The van der Waals surface area contributed by atoms with E-state index in [1.807, 2.05) is 18.3 Å². The second-order valence-corrected chi connectivity index (χ2v) is 3.86. The van der Waals surface area contributed by atoms with Crippen molar-refractivity contribution in [3.8, 4) is 5.75 Å². The van der Waals surface area contributed by atoms with Gasteiger partial charge in [0.2, 0.25) is 0 Å². The highest BCUT2D eigenvalue weighted by Gasteiger charge is 2.17. The van der Waals surface area contributed by atoms with Crippen LogP contribution in [0.25, 0.3) is 0 Å². The van der Waals surface area contributed by atoms with Crippen LogP contribution in [-0.4, -0.2) is 29.1 Å². The first kappa shape index (κ1) is 9.46. The summed E-state index contributed by atoms with van der Waals surface area (Å²) < 4.78 is 5.62. The number of rotatable bonds is 1. The molecule has 76 valence electrons. The monoisotopic (exact) mass is 192 g/mol. The van der Waals surface area contributed by atoms with Gasteiger partial charge in [-0.1, -0.05) is 0 Å². The topological polar surface area (TPSA) is 25.4 Å². The second-order valence-electron chi connectivity index (χ2n) is 3.86. The van der Waals surface area contributed by atoms with Crippen molar-refractivity contribution < 1.29 is 4.74 Å². The fourth-order valence-electron chi connectivity index (χ4n) is 1.66. The maximum absolute atomic E-state index is 5.62. The van der Waals surface area contributed by atoms with Crippen molar-refractivity contribution in [1.29, 1.82) is 0 Å². The maximum Gasteiger partial charge on any atom is 0.142 e. The summed E-state index contributed by atoms with van der Waals surface area (Å²) in [5.41, 5.74) is 1.05. The van der Waals surface area contributed by atoms with E-state index in [0.29, 0.717) is 6.04 Å². The minimum Gasteiger partial charge on any atom is -0.490 e. The summed E-state index contributed by atoms with van der Waals surface area (Å²) in [5, 5.41) is 0. The lowest BCUT2D eigenvalue weighted by atomic mass is 10.2. The molecule has 2 heterocycles. The minimum atomic E-state index is 0.548. The summed E-state index contributed by atoms with van der Waals surface area (Å²) in [6, 6.07) is 4.46. The first-order valence-electron chi connectivity index (χ1n) is 5.08. The number of nitrogens with zero attached hydrogens (tertiary/aromatic N) is 2. The molecule has 0 fully saturated rings. The molecule has 0 radical (unpaired) electrons. The van der Waals surface area contributed by atoms with Gasteiger partial charge in [0.15, 0.2) is 0 Å². The molecule has 0 amide bonds. The van der Waals surface area contributed by atoms with Crippen molar-refractivity contribution in [3.05, 3.63) is 24.0 Å². The van der Waals surface area contributed by atoms with Gasteiger partial charge in [-0.15, -0.1) is 0 Å². The van der Waals surface area contributed by atoms with Crippen LogP contribution in [0.1, 0.15) is 19.5 Å². The van der Waals surface area contributed by atoms with Gasteiger partial charge in [-0.25, -0.2) is 0 Å². The Balaban J connectivity index is 2.22. The van der Waals surface area contributed by atoms with Crippen LogP contribution in [-0.2, 0) is 6.54 Å². The van der Waals surface area contributed by atoms with Gasteiger partial charge in [0.05, 0.1) is 5.69 Å². The van der Waals surface area contributed by atoms with E-state index in [1.54, 1.807) is 0 Å². The molecule has 2 rings (SSSR count). The van der Waals surface area contributed by atoms with Gasteiger partial charge in [-0.3, -0.25) is 9.88 Å². The Morgan fingerprint density at radius 1 is 1.50 bits per heavy atom. The zero-order valence-electron chi connectivity index (χ0n) is 8.73. The van der Waals surface area contributed by atoms with Crippen LogP contribution in [0.4, 0.5) is 0 Å². The van der Waals surface area contributed by atoms with Crippen molar-refractivity contribution >= 4 is 0 Å². The third-order valence-electron chi connectivity index (χ3n) is 2.57. The highest BCUT2D eigenvalue weighted by molar-refractivity contribution is 5.27. The Morgan fingerprint density at radius 2 is 2.36 bits per heavy atom. The standard InChI is InChI=1S/C11H16N2O/c1-9(2)13-6-7-14-11-4-3-5-12-10(11)8-13/h3-5,9H,6-8H2,1-2H3. The molecule has 0 aliphatic carbocycles. The van der Waals surface area contributed by atoms with Crippen molar-refractivity contribution in [2.45, 2.75) is 26.4 Å². The summed E-state index contributed by atoms with van der Waals surface area (Å²) >= 11 is 0. The molecule has 0 N–H and O–H groups in total. The molecule has 1 aliphatic heterocycles. The van der Waals surface area contributed by atoms with Gasteiger partial charge in [-0.05, 0) is 26.0 Å². The number of aromatic nitrogens is 1. The van der Waals surface area contributed by atoms with Crippen LogP contribution in [0.3, 0.4) is 0 Å². The van der Waals surface area contributed by atoms with Crippen LogP contribution in [0.15, 0.2) is 18.3 Å². The highest BCUT2D eigenvalue weighted by Crippen LogP contribution is 2.20. The molecule has 1 aromatic heterocycles. The predicted molar refractivity (Wildman–Crippen MR) is 55.3 cm³/mol. The molecular formula is C11H16N2O. The molecule has 0 spiro atoms. The molecule has 0 atom stereocenters. The summed E-state index contributed by atoms with van der Waals surface area (Å²) in [5.74, 6) is 0.940. The van der Waals surface area contributed by atoms with Gasteiger partial charge in [0, 0.05) is 25.3 Å². The van der Waals surface area contributed by atoms with Crippen molar-refractivity contribution in [3.63, 3.8) is 0 Å². The zero-order valence-corrected chi connectivity index (χ0v) is 8.73. The zero-order chi connectivity index (χ0) is 9.97. The molecule has 3 nitrogen and oxygen atoms in total. The smallest absolute Gasteiger partial charge is 0.142 e. The van der Waals surface area contributed by atoms with Gasteiger partial charge in [-0.2, -0.15) is 0 Å². The van der Waals surface area contributed by atoms with Gasteiger partial charge < -0.3 is 4.74 Å². The number of pyridine rings is 1. The number of hydrogen-bond acceptors (Lipinski definition) is 3. The van der Waals surface area contributed by atoms with Gasteiger partial charge >= 0.3 is 0 Å². The van der Waals surface area contributed by atoms with E-state index >= 15 is 0 Å². The fourth-order valence-corrected chi connectivity index (χ4v) is 1.66. The summed E-state index contributed by atoms with van der Waals surface area (Å²) in [6.07, 6.45) is 1.83. The Labute approximate surface area is 84.7 Å². The normalized spacial score (nSPS) is 17.4. The number of hydrogen-bond donors (Lipinski definition) is 0. The lowest BCUT2D eigenvalue weighted by Gasteiger charge is -2.22. The first-order chi connectivity index (χ1) is 6.77. The van der Waals surface area contributed by atoms with E-state index in [-0.39, 0.29) is 0 Å². The average Bonchev–Trinajstić information content (AvgIpc) is 2.39. The van der Waals surface area contributed by atoms with Crippen LogP contribution in [0.5, 0.6) is 5.75 Å². The van der Waals surface area contributed by atoms with E-state index in [4.69, 9.17) is 4.74 Å². The van der Waals surface area contributed by atoms with Gasteiger partial charge in [0.1, 0.15) is 12.4 Å². The van der Waals surface area contributed by atoms with E-state index in [1.165, 1.54) is 0 Å². The Hall–Kier alpha value is -1.09. The van der Waals surface area contributed by atoms with E-state index < -0.39 is 0 Å². The van der Waals surface area contributed by atoms with E-state index in [9.17, 15) is 0 Å². The molecule has 0 bridgehead atoms. The Bertz CT molecular complexity index is 312. The molecule has 1 aliphatic rings. The van der Waals surface area contributed by atoms with Crippen LogP contribution >= 0.6 is 0 Å². The number of fused-ring (bicyclic) bond motifs is 1. The third-order valence-corrected chi connectivity index (χ3v) is 2.57. The molecular weight excluding hydrogens is 176 g/mol. The van der Waals surface area contributed by atoms with Crippen LogP contribution < -0.4 is 4.74 Å². The first-order valence-corrected chi connectivity index (χ1v) is 5.08. The Kier molecular flexibility index (Phi) is 2.68. The molecule has 1 aromatic rings. The quantitative estimate of drug-likeness (QED) is 0.677. The summed E-state index contributed by atoms with van der Waals surface area (Å²) in [4.78, 5) is 6.72. The highest BCUT2D eigenvalue weighted by atomic mass is 16.5. The molecule has 0 saturated heterocycles. The third kappa shape index (κ3) is 1.87. The maximum atomic E-state index is 5.62. The molecule has 3 heteroatoms. The molecule has 0 saturated carbocycles. The predicted octanol–water partition coefficient (Wildman–Crippen LogP) is 1.68. The van der Waals surface area contributed by atoms with Crippen LogP contribution in [0.2, 0.25) is 0 Å². The van der Waals surface area contributed by atoms with Crippen LogP contribution in [0, 0.1) is 0 Å². The minimum absolute atomic E-state index is 0.548. The summed E-state index contributed by atoms with van der Waals surface area (Å²) in [6.45, 7) is 7.04. The lowest BCUT2D eigenvalue weighted by molar-refractivity contribution is 0.188. The lowest BCUT2D eigenvalue weighted by Crippen LogP contribution is -2.32. The number of ether oxygens (including phenoxy) is 1. The average molecular weight is 192 g/mol. The van der Waals surface area contributed by atoms with Gasteiger partial charge in [0.25, 0.3) is 0 Å². The van der Waals surface area contributed by atoms with Crippen molar-refractivity contribution in [2.24, 2.45) is 0 Å². The van der Waals surface area contributed by atoms with Crippen molar-refractivity contribution in [1.82, 2.24) is 9.88 Å². The summed E-state index contributed by atoms with van der Waals surface area (Å²) in [7, 11) is 0. The SMILES string of the molecule is CC(C)N1CCOc2cccnc2C1. The van der Waals surface area contributed by atoms with E-state index in [2.05, 4.69) is 23.7 Å². The molecule has 0 unspecified atom stereocenters. The largest absolute Gasteiger partial charge is 0.490 e. The molecule has 0 aromatic carbocycles. The second kappa shape index (κ2) is 3.96. The fraction of sp³-hybridized carbons (Fsp3) is 0.545. The van der Waals surface area contributed by atoms with Crippen molar-refractivity contribution in [2.75, 3.05) is 13.2 Å².